The quantitative estimate of drug-likeness (QED) is 0.819. The van der Waals surface area contributed by atoms with Gasteiger partial charge in [-0.1, -0.05) is 59.1 Å². The van der Waals surface area contributed by atoms with Gasteiger partial charge in [-0.05, 0) is 36.2 Å². The Hall–Kier alpha value is -0.730. The number of hydrogen-bond donors (Lipinski definition) is 1. The first-order chi connectivity index (χ1) is 9.37. The van der Waals surface area contributed by atoms with Gasteiger partial charge >= 0.3 is 0 Å². The molecule has 4 heteroatoms. The summed E-state index contributed by atoms with van der Waals surface area (Å²) in [4.78, 5) is 0. The molecule has 0 spiro atoms. The van der Waals surface area contributed by atoms with Crippen molar-refractivity contribution in [3.05, 3.63) is 68.7 Å². The second kappa shape index (κ2) is 6.36. The molecule has 0 aliphatic rings. The number of halogens is 3. The van der Waals surface area contributed by atoms with Crippen LogP contribution < -0.4 is 0 Å². The van der Waals surface area contributed by atoms with Crippen molar-refractivity contribution in [1.29, 1.82) is 0 Å². The van der Waals surface area contributed by atoms with Crippen molar-refractivity contribution in [2.45, 2.75) is 25.4 Å². The summed E-state index contributed by atoms with van der Waals surface area (Å²) in [6.45, 7) is 1.79. The highest BCUT2D eigenvalue weighted by Gasteiger charge is 2.23. The van der Waals surface area contributed by atoms with Gasteiger partial charge in [-0.3, -0.25) is 0 Å². The third-order valence-corrected chi connectivity index (χ3v) is 4.21. The van der Waals surface area contributed by atoms with Gasteiger partial charge in [-0.2, -0.15) is 0 Å². The highest BCUT2D eigenvalue weighted by Crippen LogP contribution is 2.29. The van der Waals surface area contributed by atoms with Crippen molar-refractivity contribution < 1.29 is 5.11 Å². The molecule has 2 rings (SSSR count). The predicted molar refractivity (Wildman–Crippen MR) is 85.9 cm³/mol. The van der Waals surface area contributed by atoms with Crippen LogP contribution in [-0.2, 0) is 12.8 Å². The van der Waals surface area contributed by atoms with Crippen LogP contribution in [0, 0.1) is 0 Å². The molecule has 2 aromatic rings. The zero-order chi connectivity index (χ0) is 14.8. The highest BCUT2D eigenvalue weighted by atomic mass is 35.5. The fraction of sp³-hybridized carbons (Fsp3) is 0.250. The molecule has 1 atom stereocenters. The Labute approximate surface area is 134 Å². The first-order valence-corrected chi connectivity index (χ1v) is 7.40. The number of benzene rings is 2. The molecule has 0 radical (unpaired) electrons. The zero-order valence-corrected chi connectivity index (χ0v) is 13.3. The highest BCUT2D eigenvalue weighted by molar-refractivity contribution is 6.42. The molecule has 0 bridgehead atoms. The van der Waals surface area contributed by atoms with Crippen molar-refractivity contribution >= 4 is 34.8 Å². The Bertz CT molecular complexity index is 591. The van der Waals surface area contributed by atoms with E-state index in [1.807, 2.05) is 36.4 Å². The summed E-state index contributed by atoms with van der Waals surface area (Å²) in [7, 11) is 0. The number of rotatable bonds is 4. The van der Waals surface area contributed by atoms with E-state index in [0.29, 0.717) is 27.9 Å². The molecule has 0 aliphatic carbocycles. The maximum Gasteiger partial charge on any atom is 0.0700 e. The summed E-state index contributed by atoms with van der Waals surface area (Å²) >= 11 is 18.0. The lowest BCUT2D eigenvalue weighted by Gasteiger charge is -2.24. The van der Waals surface area contributed by atoms with E-state index in [2.05, 4.69) is 0 Å². The normalized spacial score (nSPS) is 14.1. The third-order valence-electron chi connectivity index (χ3n) is 3.10. The average Bonchev–Trinajstić information content (AvgIpc) is 2.37. The monoisotopic (exact) mass is 328 g/mol. The van der Waals surface area contributed by atoms with E-state index in [4.69, 9.17) is 34.8 Å². The van der Waals surface area contributed by atoms with Crippen molar-refractivity contribution in [2.24, 2.45) is 0 Å². The van der Waals surface area contributed by atoms with Gasteiger partial charge in [0.25, 0.3) is 0 Å². The van der Waals surface area contributed by atoms with E-state index < -0.39 is 5.60 Å². The summed E-state index contributed by atoms with van der Waals surface area (Å²) < 4.78 is 0. The van der Waals surface area contributed by atoms with Crippen LogP contribution in [0.4, 0.5) is 0 Å². The molecule has 0 amide bonds. The minimum Gasteiger partial charge on any atom is -0.389 e. The molecule has 0 aromatic heterocycles. The second-order valence-electron chi connectivity index (χ2n) is 5.19. The lowest BCUT2D eigenvalue weighted by atomic mass is 9.90. The van der Waals surface area contributed by atoms with Gasteiger partial charge in [0.05, 0.1) is 15.6 Å². The van der Waals surface area contributed by atoms with E-state index in [1.54, 1.807) is 13.0 Å². The van der Waals surface area contributed by atoms with E-state index in [-0.39, 0.29) is 0 Å². The van der Waals surface area contributed by atoms with Crippen LogP contribution in [0.1, 0.15) is 18.1 Å². The van der Waals surface area contributed by atoms with Crippen LogP contribution in [0.5, 0.6) is 0 Å². The standard InChI is InChI=1S/C16H15Cl3O/c1-16(20,9-11-5-7-13(17)8-6-11)10-12-3-2-4-14(18)15(12)19/h2-8,20H,9-10H2,1H3. The average molecular weight is 330 g/mol. The summed E-state index contributed by atoms with van der Waals surface area (Å²) in [5, 5.41) is 12.3. The van der Waals surface area contributed by atoms with Crippen LogP contribution in [0.3, 0.4) is 0 Å². The Kier molecular flexibility index (Phi) is 4.98. The SMILES string of the molecule is CC(O)(Cc1ccc(Cl)cc1)Cc1cccc(Cl)c1Cl. The molecular weight excluding hydrogens is 315 g/mol. The first-order valence-electron chi connectivity index (χ1n) is 6.27. The molecule has 1 unspecified atom stereocenters. The zero-order valence-electron chi connectivity index (χ0n) is 11.0. The van der Waals surface area contributed by atoms with Crippen LogP contribution in [0.2, 0.25) is 15.1 Å². The van der Waals surface area contributed by atoms with E-state index in [1.165, 1.54) is 0 Å². The fourth-order valence-corrected chi connectivity index (χ4v) is 2.71. The minimum absolute atomic E-state index is 0.440. The predicted octanol–water partition coefficient (Wildman–Crippen LogP) is 5.18. The van der Waals surface area contributed by atoms with E-state index >= 15 is 0 Å². The van der Waals surface area contributed by atoms with Gasteiger partial charge in [0.1, 0.15) is 0 Å². The Morgan fingerprint density at radius 1 is 0.950 bits per heavy atom. The molecule has 106 valence electrons. The molecule has 0 saturated heterocycles. The minimum atomic E-state index is -0.901. The van der Waals surface area contributed by atoms with E-state index in [9.17, 15) is 5.11 Å². The molecule has 0 fully saturated rings. The lowest BCUT2D eigenvalue weighted by Crippen LogP contribution is -2.30. The first kappa shape index (κ1) is 15.7. The van der Waals surface area contributed by atoms with Crippen molar-refractivity contribution in [3.8, 4) is 0 Å². The van der Waals surface area contributed by atoms with Gasteiger partial charge in [0.15, 0.2) is 0 Å². The summed E-state index contributed by atoms with van der Waals surface area (Å²) in [6.07, 6.45) is 0.960. The van der Waals surface area contributed by atoms with Crippen LogP contribution in [0.15, 0.2) is 42.5 Å². The maximum absolute atomic E-state index is 10.6. The summed E-state index contributed by atoms with van der Waals surface area (Å²) in [5.74, 6) is 0. The second-order valence-corrected chi connectivity index (χ2v) is 6.41. The maximum atomic E-state index is 10.6. The molecular formula is C16H15Cl3O. The smallest absolute Gasteiger partial charge is 0.0700 e. The van der Waals surface area contributed by atoms with Crippen molar-refractivity contribution in [2.75, 3.05) is 0 Å². The van der Waals surface area contributed by atoms with Gasteiger partial charge in [0, 0.05) is 17.9 Å². The topological polar surface area (TPSA) is 20.2 Å². The lowest BCUT2D eigenvalue weighted by molar-refractivity contribution is 0.0608. The Balaban J connectivity index is 2.14. The van der Waals surface area contributed by atoms with Gasteiger partial charge in [-0.25, -0.2) is 0 Å². The fourth-order valence-electron chi connectivity index (χ4n) is 2.20. The molecule has 2 aromatic carbocycles. The van der Waals surface area contributed by atoms with Crippen LogP contribution in [-0.4, -0.2) is 10.7 Å². The molecule has 1 N–H and O–H groups in total. The van der Waals surface area contributed by atoms with Crippen molar-refractivity contribution in [1.82, 2.24) is 0 Å². The van der Waals surface area contributed by atoms with Crippen LogP contribution >= 0.6 is 34.8 Å². The molecule has 1 nitrogen and oxygen atoms in total. The van der Waals surface area contributed by atoms with Gasteiger partial charge in [0.2, 0.25) is 0 Å². The molecule has 20 heavy (non-hydrogen) atoms. The molecule has 0 heterocycles. The number of hydrogen-bond acceptors (Lipinski definition) is 1. The molecule has 0 aliphatic heterocycles. The summed E-state index contributed by atoms with van der Waals surface area (Å²) in [6, 6.07) is 12.9. The van der Waals surface area contributed by atoms with Crippen LogP contribution in [0.25, 0.3) is 0 Å². The third kappa shape index (κ3) is 4.13. The van der Waals surface area contributed by atoms with Gasteiger partial charge < -0.3 is 5.11 Å². The Morgan fingerprint density at radius 3 is 2.25 bits per heavy atom. The Morgan fingerprint density at radius 2 is 1.60 bits per heavy atom. The van der Waals surface area contributed by atoms with E-state index in [0.717, 1.165) is 11.1 Å². The summed E-state index contributed by atoms with van der Waals surface area (Å²) in [5.41, 5.74) is 0.970. The molecule has 0 saturated carbocycles. The number of aliphatic hydroxyl groups is 1. The van der Waals surface area contributed by atoms with Gasteiger partial charge in [-0.15, -0.1) is 0 Å². The largest absolute Gasteiger partial charge is 0.389 e. The van der Waals surface area contributed by atoms with Crippen molar-refractivity contribution in [3.63, 3.8) is 0 Å².